The minimum Gasteiger partial charge on any atom is -0.377 e. The molecule has 0 aliphatic rings. The average Bonchev–Trinajstić information content (AvgIpc) is 2.56. The van der Waals surface area contributed by atoms with E-state index < -0.39 is 15.3 Å². The van der Waals surface area contributed by atoms with E-state index in [1.165, 1.54) is 30.4 Å². The molecule has 3 N–H and O–H groups in total. The molecule has 1 heterocycles. The van der Waals surface area contributed by atoms with E-state index in [1.54, 1.807) is 6.07 Å². The second kappa shape index (κ2) is 3.69. The lowest BCUT2D eigenvalue weighted by Crippen LogP contribution is -2.16. The Morgan fingerprint density at radius 3 is 2.81 bits per heavy atom. The van der Waals surface area contributed by atoms with Gasteiger partial charge in [-0.2, -0.15) is 0 Å². The summed E-state index contributed by atoms with van der Waals surface area (Å²) in [6, 6.07) is 4.48. The molecule has 7 heteroatoms. The van der Waals surface area contributed by atoms with Crippen LogP contribution in [0.25, 0.3) is 10.2 Å². The van der Waals surface area contributed by atoms with E-state index in [1.807, 2.05) is 0 Å². The summed E-state index contributed by atoms with van der Waals surface area (Å²) in [5.74, 6) is 0. The molecule has 0 radical (unpaired) electrons. The number of nitrogens with two attached hydrogens (primary N) is 1. The van der Waals surface area contributed by atoms with Gasteiger partial charge in [0.15, 0.2) is 10.6 Å². The van der Waals surface area contributed by atoms with Crippen molar-refractivity contribution in [1.29, 1.82) is 0 Å². The lowest BCUT2D eigenvalue weighted by molar-refractivity contribution is 0.268. The summed E-state index contributed by atoms with van der Waals surface area (Å²) in [5.41, 5.74) is 4.76. The van der Waals surface area contributed by atoms with Crippen molar-refractivity contribution in [2.75, 3.05) is 5.73 Å². The smallest absolute Gasteiger partial charge is 0.204 e. The van der Waals surface area contributed by atoms with Crippen LogP contribution in [0.3, 0.4) is 0 Å². The molecule has 1 atom stereocenters. The van der Waals surface area contributed by atoms with Gasteiger partial charge in [-0.3, -0.25) is 0 Å². The topological polar surface area (TPSA) is 93.3 Å². The summed E-state index contributed by atoms with van der Waals surface area (Å²) in [4.78, 5) is 4.10. The zero-order chi connectivity index (χ0) is 11.9. The van der Waals surface area contributed by atoms with E-state index in [0.29, 0.717) is 15.3 Å². The van der Waals surface area contributed by atoms with Gasteiger partial charge in [-0.1, -0.05) is 11.3 Å². The van der Waals surface area contributed by atoms with Crippen molar-refractivity contribution in [2.24, 2.45) is 0 Å². The van der Waals surface area contributed by atoms with E-state index in [2.05, 4.69) is 4.98 Å². The van der Waals surface area contributed by atoms with Gasteiger partial charge >= 0.3 is 0 Å². The third-order valence-corrected chi connectivity index (χ3v) is 4.81. The Morgan fingerprint density at radius 2 is 2.19 bits per heavy atom. The Hall–Kier alpha value is -1.18. The van der Waals surface area contributed by atoms with Crippen LogP contribution in [0.5, 0.6) is 0 Å². The van der Waals surface area contributed by atoms with Gasteiger partial charge in [-0.05, 0) is 25.1 Å². The number of rotatable bonds is 2. The first-order valence-corrected chi connectivity index (χ1v) is 6.85. The van der Waals surface area contributed by atoms with Gasteiger partial charge in [0.2, 0.25) is 9.84 Å². The summed E-state index contributed by atoms with van der Waals surface area (Å²) in [6.07, 6.45) is 0. The molecule has 2 aromatic rings. The molecule has 1 aromatic heterocycles. The Bertz CT molecular complexity index is 631. The molecule has 0 aliphatic heterocycles. The third-order valence-electron chi connectivity index (χ3n) is 2.15. The number of hydrogen-bond donors (Lipinski definition) is 2. The van der Waals surface area contributed by atoms with Gasteiger partial charge in [-0.25, -0.2) is 13.4 Å². The fourth-order valence-corrected chi connectivity index (χ4v) is 3.08. The number of benzene rings is 1. The predicted molar refractivity (Wildman–Crippen MR) is 62.9 cm³/mol. The van der Waals surface area contributed by atoms with Crippen LogP contribution in [0, 0.1) is 0 Å². The first-order valence-electron chi connectivity index (χ1n) is 4.49. The summed E-state index contributed by atoms with van der Waals surface area (Å²) in [7, 11) is -3.67. The molecular weight excluding hydrogens is 248 g/mol. The van der Waals surface area contributed by atoms with Crippen molar-refractivity contribution in [1.82, 2.24) is 4.98 Å². The van der Waals surface area contributed by atoms with E-state index in [0.717, 1.165) is 0 Å². The van der Waals surface area contributed by atoms with Crippen LogP contribution >= 0.6 is 11.3 Å². The zero-order valence-corrected chi connectivity index (χ0v) is 10.0. The second-order valence-electron chi connectivity index (χ2n) is 3.33. The maximum Gasteiger partial charge on any atom is 0.204 e. The number of nitrogen functional groups attached to an aromatic ring is 1. The van der Waals surface area contributed by atoms with Gasteiger partial charge in [0.1, 0.15) is 0 Å². The SMILES string of the molecule is CC(O)S(=O)(=O)c1ccc2nc(N)sc2c1. The van der Waals surface area contributed by atoms with Crippen LogP contribution in [-0.4, -0.2) is 23.9 Å². The highest BCUT2D eigenvalue weighted by Gasteiger charge is 2.21. The van der Waals surface area contributed by atoms with Gasteiger partial charge in [0.25, 0.3) is 0 Å². The van der Waals surface area contributed by atoms with Gasteiger partial charge in [0, 0.05) is 0 Å². The van der Waals surface area contributed by atoms with Gasteiger partial charge in [0.05, 0.1) is 15.1 Å². The highest BCUT2D eigenvalue weighted by atomic mass is 32.2. The first kappa shape index (κ1) is 11.3. The molecule has 16 heavy (non-hydrogen) atoms. The molecule has 5 nitrogen and oxygen atoms in total. The summed E-state index contributed by atoms with van der Waals surface area (Å²) >= 11 is 1.21. The molecule has 2 rings (SSSR count). The largest absolute Gasteiger partial charge is 0.377 e. The Kier molecular flexibility index (Phi) is 2.61. The number of sulfone groups is 1. The standard InChI is InChI=1S/C9H10N2O3S2/c1-5(12)16(13,14)6-2-3-7-8(4-6)15-9(10)11-7/h2-5,12H,1H3,(H2,10,11). The van der Waals surface area contributed by atoms with Crippen LogP contribution in [0.15, 0.2) is 23.1 Å². The van der Waals surface area contributed by atoms with Crippen LogP contribution in [-0.2, 0) is 9.84 Å². The minimum atomic E-state index is -3.67. The van der Waals surface area contributed by atoms with E-state index in [9.17, 15) is 13.5 Å². The molecule has 0 amide bonds. The Balaban J connectivity index is 2.63. The lowest BCUT2D eigenvalue weighted by atomic mass is 10.3. The van der Waals surface area contributed by atoms with Crippen molar-refractivity contribution < 1.29 is 13.5 Å². The molecule has 1 unspecified atom stereocenters. The summed E-state index contributed by atoms with van der Waals surface area (Å²) < 4.78 is 24.1. The monoisotopic (exact) mass is 258 g/mol. The third kappa shape index (κ3) is 1.77. The van der Waals surface area contributed by atoms with Crippen molar-refractivity contribution in [2.45, 2.75) is 17.3 Å². The predicted octanol–water partition coefficient (Wildman–Crippen LogP) is 0.991. The summed E-state index contributed by atoms with van der Waals surface area (Å²) in [5, 5.41) is 9.58. The maximum atomic E-state index is 11.7. The minimum absolute atomic E-state index is 0.0821. The quantitative estimate of drug-likeness (QED) is 0.838. The van der Waals surface area contributed by atoms with Crippen LogP contribution < -0.4 is 5.73 Å². The molecule has 1 aromatic carbocycles. The zero-order valence-electron chi connectivity index (χ0n) is 8.41. The fourth-order valence-electron chi connectivity index (χ4n) is 1.30. The van der Waals surface area contributed by atoms with Gasteiger partial charge < -0.3 is 10.8 Å². The number of anilines is 1. The van der Waals surface area contributed by atoms with E-state index in [4.69, 9.17) is 5.73 Å². The molecule has 0 spiro atoms. The molecular formula is C9H10N2O3S2. The highest BCUT2D eigenvalue weighted by Crippen LogP contribution is 2.27. The highest BCUT2D eigenvalue weighted by molar-refractivity contribution is 7.91. The van der Waals surface area contributed by atoms with E-state index in [-0.39, 0.29) is 4.90 Å². The normalized spacial score (nSPS) is 14.1. The molecule has 0 fully saturated rings. The first-order chi connectivity index (χ1) is 7.41. The Morgan fingerprint density at radius 1 is 1.50 bits per heavy atom. The number of aromatic nitrogens is 1. The number of aliphatic hydroxyl groups is 1. The number of hydrogen-bond acceptors (Lipinski definition) is 6. The van der Waals surface area contributed by atoms with Crippen LogP contribution in [0.1, 0.15) is 6.92 Å². The molecule has 0 bridgehead atoms. The van der Waals surface area contributed by atoms with Crippen molar-refractivity contribution >= 4 is 36.5 Å². The number of nitrogens with zero attached hydrogens (tertiary/aromatic N) is 1. The second-order valence-corrected chi connectivity index (χ2v) is 6.63. The number of thiazole rings is 1. The Labute approximate surface area is 96.5 Å². The molecule has 0 saturated carbocycles. The van der Waals surface area contributed by atoms with Gasteiger partial charge in [-0.15, -0.1) is 0 Å². The summed E-state index contributed by atoms with van der Waals surface area (Å²) in [6.45, 7) is 1.22. The van der Waals surface area contributed by atoms with Crippen LogP contribution in [0.2, 0.25) is 0 Å². The molecule has 86 valence electrons. The molecule has 0 aliphatic carbocycles. The van der Waals surface area contributed by atoms with Crippen LogP contribution in [0.4, 0.5) is 5.13 Å². The van der Waals surface area contributed by atoms with Crippen molar-refractivity contribution in [3.63, 3.8) is 0 Å². The van der Waals surface area contributed by atoms with Crippen molar-refractivity contribution in [3.05, 3.63) is 18.2 Å². The van der Waals surface area contributed by atoms with Crippen molar-refractivity contribution in [3.8, 4) is 0 Å². The number of aliphatic hydroxyl groups excluding tert-OH is 1. The average molecular weight is 258 g/mol. The fraction of sp³-hybridized carbons (Fsp3) is 0.222. The lowest BCUT2D eigenvalue weighted by Gasteiger charge is -2.06. The maximum absolute atomic E-state index is 11.7. The van der Waals surface area contributed by atoms with E-state index >= 15 is 0 Å². The molecule has 0 saturated heterocycles. The number of fused-ring (bicyclic) bond motifs is 1.